The Morgan fingerprint density at radius 1 is 1.23 bits per heavy atom. The van der Waals surface area contributed by atoms with Gasteiger partial charge in [0.2, 0.25) is 0 Å². The molecule has 1 aromatic carbocycles. The second kappa shape index (κ2) is 12.3. The lowest BCUT2D eigenvalue weighted by Gasteiger charge is -2.43. The first-order valence-electron chi connectivity index (χ1n) is 14.4. The molecule has 13 heteroatoms. The maximum atomic E-state index is 14.7. The van der Waals surface area contributed by atoms with Gasteiger partial charge in [0.1, 0.15) is 11.9 Å². The Kier molecular flexibility index (Phi) is 8.92. The summed E-state index contributed by atoms with van der Waals surface area (Å²) in [5.74, 6) is -0.849. The van der Waals surface area contributed by atoms with Gasteiger partial charge in [-0.15, -0.1) is 11.3 Å². The number of ether oxygens (including phenoxy) is 1. The summed E-state index contributed by atoms with van der Waals surface area (Å²) in [5, 5.41) is 5.54. The van der Waals surface area contributed by atoms with Crippen LogP contribution in [0.2, 0.25) is 5.02 Å². The van der Waals surface area contributed by atoms with Gasteiger partial charge in [-0.05, 0) is 33.8 Å². The number of Topliss-reactive ketones (excluding diaryl/α,β-unsaturated/α-hetero) is 1. The first-order valence-corrected chi connectivity index (χ1v) is 15.7. The zero-order chi connectivity index (χ0) is 31.1. The van der Waals surface area contributed by atoms with Crippen LogP contribution in [-0.2, 0) is 14.3 Å². The minimum atomic E-state index is -0.983. The van der Waals surface area contributed by atoms with E-state index in [9.17, 15) is 18.8 Å². The number of aliphatic imine (C=N–C) groups is 1. The highest BCUT2D eigenvalue weighted by Crippen LogP contribution is 2.38. The highest BCUT2D eigenvalue weighted by atomic mass is 35.5. The lowest BCUT2D eigenvalue weighted by Crippen LogP contribution is -2.62. The third-order valence-electron chi connectivity index (χ3n) is 8.01. The number of benzene rings is 1. The molecule has 0 spiro atoms. The molecule has 2 saturated heterocycles. The fourth-order valence-corrected chi connectivity index (χ4v) is 6.77. The molecule has 43 heavy (non-hydrogen) atoms. The molecule has 0 aliphatic carbocycles. The van der Waals surface area contributed by atoms with Crippen molar-refractivity contribution in [2.24, 2.45) is 4.99 Å². The van der Waals surface area contributed by atoms with Crippen molar-refractivity contribution in [3.63, 3.8) is 0 Å². The summed E-state index contributed by atoms with van der Waals surface area (Å²) in [6.07, 6.45) is 1.94. The number of esters is 1. The predicted molar refractivity (Wildman–Crippen MR) is 163 cm³/mol. The lowest BCUT2D eigenvalue weighted by molar-refractivity contribution is -0.139. The summed E-state index contributed by atoms with van der Waals surface area (Å²) in [6, 6.07) is 2.41. The Morgan fingerprint density at radius 2 is 2.00 bits per heavy atom. The van der Waals surface area contributed by atoms with Crippen molar-refractivity contribution < 1.29 is 23.5 Å². The minimum absolute atomic E-state index is 0.00546. The Morgan fingerprint density at radius 3 is 2.65 bits per heavy atom. The number of nitrogens with zero attached hydrogens (tertiary/aromatic N) is 5. The summed E-state index contributed by atoms with van der Waals surface area (Å²) < 4.78 is 20.2. The van der Waals surface area contributed by atoms with Gasteiger partial charge < -0.3 is 19.9 Å². The molecule has 0 unspecified atom stereocenters. The molecule has 1 N–H and O–H groups in total. The molecule has 0 radical (unpaired) electrons. The van der Waals surface area contributed by atoms with Crippen LogP contribution in [0.15, 0.2) is 46.0 Å². The summed E-state index contributed by atoms with van der Waals surface area (Å²) in [5.41, 5.74) is 0.549. The first-order chi connectivity index (χ1) is 20.5. The van der Waals surface area contributed by atoms with Gasteiger partial charge in [0.25, 0.3) is 0 Å². The monoisotopic (exact) mass is 630 g/mol. The molecule has 0 bridgehead atoms. The van der Waals surface area contributed by atoms with Crippen molar-refractivity contribution >= 4 is 46.6 Å². The van der Waals surface area contributed by atoms with E-state index in [0.717, 1.165) is 0 Å². The molecule has 2 fully saturated rings. The number of thiazole rings is 1. The van der Waals surface area contributed by atoms with Gasteiger partial charge >= 0.3 is 12.0 Å². The number of carbonyl (C=O) groups excluding carboxylic acids is 3. The molecule has 3 aliphatic rings. The number of ketones is 1. The number of amidine groups is 1. The molecule has 3 atom stereocenters. The van der Waals surface area contributed by atoms with Gasteiger partial charge in [0.15, 0.2) is 16.6 Å². The van der Waals surface area contributed by atoms with E-state index in [0.29, 0.717) is 48.2 Å². The van der Waals surface area contributed by atoms with Crippen molar-refractivity contribution in [3.05, 3.63) is 62.5 Å². The molecule has 4 heterocycles. The van der Waals surface area contributed by atoms with E-state index >= 15 is 0 Å². The van der Waals surface area contributed by atoms with Crippen LogP contribution >= 0.6 is 22.9 Å². The number of hydrogen-bond acceptors (Lipinski definition) is 9. The quantitative estimate of drug-likeness (QED) is 0.431. The van der Waals surface area contributed by atoms with Crippen molar-refractivity contribution in [2.45, 2.75) is 64.7 Å². The van der Waals surface area contributed by atoms with Gasteiger partial charge in [-0.1, -0.05) is 30.7 Å². The van der Waals surface area contributed by atoms with Crippen LogP contribution < -0.4 is 5.32 Å². The highest BCUT2D eigenvalue weighted by Gasteiger charge is 2.51. The van der Waals surface area contributed by atoms with Gasteiger partial charge in [-0.2, -0.15) is 0 Å². The molecule has 1 aromatic heterocycles. The maximum absolute atomic E-state index is 14.7. The Balaban J connectivity index is 1.60. The van der Waals surface area contributed by atoms with Crippen LogP contribution in [-0.4, -0.2) is 93.7 Å². The molecule has 2 amide bonds. The third kappa shape index (κ3) is 5.92. The molecular weight excluding hydrogens is 595 g/mol. The number of piperazine rings is 1. The van der Waals surface area contributed by atoms with E-state index in [2.05, 4.69) is 10.3 Å². The zero-order valence-electron chi connectivity index (χ0n) is 24.9. The number of amides is 2. The third-order valence-corrected chi connectivity index (χ3v) is 9.19. The SMILES string of the molecule is CCOC(=O)C1=C(CN2CCN3C(=O)N(C(C)(C)C)C[C@@H]3[C@H]2C(=O)CC)NC(c2nccs2)=N[C@H]1c1cccc(F)c1Cl. The summed E-state index contributed by atoms with van der Waals surface area (Å²) in [7, 11) is 0. The van der Waals surface area contributed by atoms with E-state index in [1.807, 2.05) is 37.5 Å². The van der Waals surface area contributed by atoms with Gasteiger partial charge in [0, 0.05) is 61.0 Å². The van der Waals surface area contributed by atoms with Gasteiger partial charge in [-0.25, -0.2) is 19.0 Å². The fourth-order valence-electron chi connectivity index (χ4n) is 5.96. The topological polar surface area (TPSA) is 107 Å². The number of nitrogens with one attached hydrogen (secondary N) is 1. The van der Waals surface area contributed by atoms with Crippen LogP contribution in [0.3, 0.4) is 0 Å². The second-order valence-electron chi connectivity index (χ2n) is 11.7. The second-order valence-corrected chi connectivity index (χ2v) is 12.9. The predicted octanol–water partition coefficient (Wildman–Crippen LogP) is 4.41. The average Bonchev–Trinajstić information content (AvgIpc) is 3.62. The molecule has 3 aliphatic heterocycles. The molecule has 10 nitrogen and oxygen atoms in total. The minimum Gasteiger partial charge on any atom is -0.463 e. The molecule has 5 rings (SSSR count). The fraction of sp³-hybridized carbons (Fsp3) is 0.500. The maximum Gasteiger partial charge on any atom is 0.338 e. The molecule has 2 aromatic rings. The number of carbonyl (C=O) groups is 3. The Hall–Kier alpha value is -3.35. The molecule has 230 valence electrons. The van der Waals surface area contributed by atoms with Crippen molar-refractivity contribution in [1.29, 1.82) is 0 Å². The van der Waals surface area contributed by atoms with E-state index in [1.165, 1.54) is 23.5 Å². The molecule has 0 saturated carbocycles. The average molecular weight is 631 g/mol. The normalized spacial score (nSPS) is 22.8. The van der Waals surface area contributed by atoms with Crippen molar-refractivity contribution in [2.75, 3.05) is 32.8 Å². The Labute approximate surface area is 259 Å². The Bertz CT molecular complexity index is 1470. The van der Waals surface area contributed by atoms with Crippen LogP contribution in [0.25, 0.3) is 0 Å². The van der Waals surface area contributed by atoms with E-state index in [4.69, 9.17) is 21.3 Å². The first kappa shape index (κ1) is 31.1. The van der Waals surface area contributed by atoms with Crippen LogP contribution in [0.5, 0.6) is 0 Å². The van der Waals surface area contributed by atoms with E-state index in [1.54, 1.807) is 29.5 Å². The van der Waals surface area contributed by atoms with Gasteiger partial charge in [-0.3, -0.25) is 14.7 Å². The highest BCUT2D eigenvalue weighted by molar-refractivity contribution is 7.11. The number of fused-ring (bicyclic) bond motifs is 1. The number of halogens is 2. The standard InChI is InChI=1S/C30H36ClFN6O4S/c1-6-21(39)25-20-16-38(30(3,4)5)29(41)37(20)13-12-36(25)15-19-22(28(40)42-7-2)24(17-9-8-10-18(32)23(17)31)35-26(34-19)27-33-11-14-43-27/h8-11,14,20,24-25H,6-7,12-13,15-16H2,1-5H3,(H,34,35)/t20-,24+,25+/m1/s1. The summed E-state index contributed by atoms with van der Waals surface area (Å²) >= 11 is 7.80. The largest absolute Gasteiger partial charge is 0.463 e. The number of aromatic nitrogens is 1. The molecular formula is C30H36ClFN6O4S. The van der Waals surface area contributed by atoms with Crippen LogP contribution in [0, 0.1) is 5.82 Å². The number of urea groups is 1. The zero-order valence-corrected chi connectivity index (χ0v) is 26.5. The van der Waals surface area contributed by atoms with Crippen LogP contribution in [0.4, 0.5) is 9.18 Å². The van der Waals surface area contributed by atoms with Gasteiger partial charge in [0.05, 0.1) is 29.3 Å². The lowest BCUT2D eigenvalue weighted by atomic mass is 9.93. The van der Waals surface area contributed by atoms with Crippen LogP contribution in [0.1, 0.15) is 57.7 Å². The number of rotatable bonds is 8. The summed E-state index contributed by atoms with van der Waals surface area (Å²) in [6.45, 7) is 11.0. The van der Waals surface area contributed by atoms with Crippen molar-refractivity contribution in [1.82, 2.24) is 25.0 Å². The van der Waals surface area contributed by atoms with Crippen molar-refractivity contribution in [3.8, 4) is 0 Å². The smallest absolute Gasteiger partial charge is 0.338 e. The van der Waals surface area contributed by atoms with E-state index in [-0.39, 0.29) is 41.6 Å². The number of hydrogen-bond donors (Lipinski definition) is 1. The van der Waals surface area contributed by atoms with E-state index < -0.39 is 29.4 Å². The summed E-state index contributed by atoms with van der Waals surface area (Å²) in [4.78, 5) is 55.3.